The van der Waals surface area contributed by atoms with Gasteiger partial charge in [0.2, 0.25) is 5.91 Å². The third-order valence-corrected chi connectivity index (χ3v) is 6.63. The smallest absolute Gasteiger partial charge is 0.222 e. The normalized spacial score (nSPS) is 21.4. The molecule has 142 valence electrons. The topological polar surface area (TPSA) is 39.7 Å². The summed E-state index contributed by atoms with van der Waals surface area (Å²) in [5.41, 5.74) is 2.80. The molecule has 3 aliphatic heterocycles. The van der Waals surface area contributed by atoms with Crippen molar-refractivity contribution in [1.29, 1.82) is 0 Å². The number of anilines is 1. The predicted octanol–water partition coefficient (Wildman–Crippen LogP) is 2.68. The molecule has 0 unspecified atom stereocenters. The number of hydrogen-bond acceptors (Lipinski definition) is 4. The molecule has 0 aliphatic carbocycles. The van der Waals surface area contributed by atoms with E-state index >= 15 is 0 Å². The molecule has 0 spiro atoms. The van der Waals surface area contributed by atoms with Crippen LogP contribution in [0.4, 0.5) is 5.69 Å². The fourth-order valence-electron chi connectivity index (χ4n) is 5.11. The lowest BCUT2D eigenvalue weighted by atomic mass is 9.94. The molecule has 2 aromatic rings. The molecule has 2 saturated heterocycles. The third-order valence-electron chi connectivity index (χ3n) is 6.63. The summed E-state index contributed by atoms with van der Waals surface area (Å²) in [6, 6.07) is 7.27. The summed E-state index contributed by atoms with van der Waals surface area (Å²) in [6.45, 7) is 6.28. The van der Waals surface area contributed by atoms with E-state index < -0.39 is 0 Å². The van der Waals surface area contributed by atoms with Crippen LogP contribution in [0.3, 0.4) is 0 Å². The molecular weight excluding hydrogens is 336 g/mol. The molecule has 5 nitrogen and oxygen atoms in total. The number of carbonyl (C=O) groups excluding carboxylic acids is 1. The van der Waals surface area contributed by atoms with Crippen molar-refractivity contribution in [3.05, 3.63) is 36.2 Å². The molecule has 0 saturated carbocycles. The zero-order valence-electron chi connectivity index (χ0n) is 15.9. The Morgan fingerprint density at radius 1 is 1.00 bits per heavy atom. The van der Waals surface area contributed by atoms with E-state index in [-0.39, 0.29) is 0 Å². The van der Waals surface area contributed by atoms with Gasteiger partial charge in [0.25, 0.3) is 0 Å². The number of rotatable bonds is 4. The van der Waals surface area contributed by atoms with Gasteiger partial charge < -0.3 is 14.7 Å². The average Bonchev–Trinajstić information content (AvgIpc) is 3.13. The molecule has 27 heavy (non-hydrogen) atoms. The summed E-state index contributed by atoms with van der Waals surface area (Å²) in [5, 5.41) is 2.68. The van der Waals surface area contributed by atoms with Crippen molar-refractivity contribution >= 4 is 22.4 Å². The van der Waals surface area contributed by atoms with Crippen molar-refractivity contribution in [2.75, 3.05) is 44.2 Å². The second-order valence-corrected chi connectivity index (χ2v) is 8.17. The Hall–Kier alpha value is -2.14. The lowest BCUT2D eigenvalue weighted by Gasteiger charge is -2.42. The van der Waals surface area contributed by atoms with Crippen LogP contribution in [0.5, 0.6) is 0 Å². The zero-order chi connectivity index (χ0) is 18.2. The molecular formula is C22H28N4O. The van der Waals surface area contributed by atoms with Crippen molar-refractivity contribution < 1.29 is 4.79 Å². The Balaban J connectivity index is 1.24. The Kier molecular flexibility index (Phi) is 4.48. The molecule has 1 amide bonds. The van der Waals surface area contributed by atoms with Crippen molar-refractivity contribution in [3.63, 3.8) is 0 Å². The van der Waals surface area contributed by atoms with E-state index in [4.69, 9.17) is 0 Å². The molecule has 1 aromatic carbocycles. The number of benzene rings is 1. The summed E-state index contributed by atoms with van der Waals surface area (Å²) >= 11 is 0. The number of pyridine rings is 1. The monoisotopic (exact) mass is 364 g/mol. The highest BCUT2D eigenvalue weighted by Gasteiger charge is 2.29. The fraction of sp³-hybridized carbons (Fsp3) is 0.545. The summed E-state index contributed by atoms with van der Waals surface area (Å²) in [5.74, 6) is 0.347. The number of likely N-dealkylation sites (tertiary alicyclic amines) is 2. The van der Waals surface area contributed by atoms with Crippen LogP contribution >= 0.6 is 0 Å². The number of hydrogen-bond donors (Lipinski definition) is 0. The van der Waals surface area contributed by atoms with Gasteiger partial charge in [-0.15, -0.1) is 0 Å². The minimum atomic E-state index is 0.347. The van der Waals surface area contributed by atoms with E-state index in [1.807, 2.05) is 17.3 Å². The van der Waals surface area contributed by atoms with E-state index in [9.17, 15) is 4.79 Å². The first-order chi connectivity index (χ1) is 13.3. The van der Waals surface area contributed by atoms with Crippen molar-refractivity contribution in [1.82, 2.24) is 14.8 Å². The number of amides is 1. The molecule has 0 radical (unpaired) electrons. The molecule has 1 aromatic heterocycles. The number of carbonyl (C=O) groups is 1. The van der Waals surface area contributed by atoms with Gasteiger partial charge >= 0.3 is 0 Å². The first-order valence-electron chi connectivity index (χ1n) is 10.4. The first-order valence-corrected chi connectivity index (χ1v) is 10.4. The highest BCUT2D eigenvalue weighted by molar-refractivity contribution is 5.97. The fourth-order valence-corrected chi connectivity index (χ4v) is 5.11. The Labute approximate surface area is 161 Å². The van der Waals surface area contributed by atoms with E-state index in [0.29, 0.717) is 11.9 Å². The molecule has 4 heterocycles. The third kappa shape index (κ3) is 3.18. The van der Waals surface area contributed by atoms with Crippen LogP contribution < -0.4 is 4.90 Å². The van der Waals surface area contributed by atoms with Gasteiger partial charge in [0.05, 0.1) is 0 Å². The van der Waals surface area contributed by atoms with Gasteiger partial charge in [0.15, 0.2) is 0 Å². The lowest BCUT2D eigenvalue weighted by Crippen LogP contribution is -2.48. The largest absolute Gasteiger partial charge is 0.368 e. The van der Waals surface area contributed by atoms with E-state index in [2.05, 4.69) is 33.0 Å². The van der Waals surface area contributed by atoms with Crippen LogP contribution in [-0.2, 0) is 11.2 Å². The standard InChI is InChI=1S/C22H28N4O/c27-21-5-2-9-25(21)14-13-24-10-7-19(8-11-24)26-12-6-18-16-23-15-17-3-1-4-20(26)22(17)18/h1,3-4,15-16,19H,2,5-14H2. The molecule has 5 rings (SSSR count). The number of piperidine rings is 1. The van der Waals surface area contributed by atoms with Crippen molar-refractivity contribution in [2.24, 2.45) is 0 Å². The average molecular weight is 364 g/mol. The lowest BCUT2D eigenvalue weighted by molar-refractivity contribution is -0.127. The van der Waals surface area contributed by atoms with Crippen molar-refractivity contribution in [2.45, 2.75) is 38.1 Å². The second-order valence-electron chi connectivity index (χ2n) is 8.17. The maximum atomic E-state index is 11.8. The summed E-state index contributed by atoms with van der Waals surface area (Å²) in [7, 11) is 0. The molecule has 0 atom stereocenters. The quantitative estimate of drug-likeness (QED) is 0.836. The molecule has 0 bridgehead atoms. The van der Waals surface area contributed by atoms with Gasteiger partial charge in [0.1, 0.15) is 0 Å². The minimum Gasteiger partial charge on any atom is -0.368 e. The Morgan fingerprint density at radius 2 is 1.89 bits per heavy atom. The van der Waals surface area contributed by atoms with Gasteiger partial charge in [0, 0.05) is 80.6 Å². The van der Waals surface area contributed by atoms with Gasteiger partial charge in [-0.3, -0.25) is 9.78 Å². The van der Waals surface area contributed by atoms with Crippen molar-refractivity contribution in [3.8, 4) is 0 Å². The van der Waals surface area contributed by atoms with Gasteiger partial charge in [-0.05, 0) is 37.3 Å². The molecule has 3 aliphatic rings. The minimum absolute atomic E-state index is 0.347. The molecule has 2 fully saturated rings. The Morgan fingerprint density at radius 3 is 2.70 bits per heavy atom. The van der Waals surface area contributed by atoms with E-state index in [1.54, 1.807) is 0 Å². The Bertz CT molecular complexity index is 838. The number of aromatic nitrogens is 1. The van der Waals surface area contributed by atoms with Gasteiger partial charge in [-0.2, -0.15) is 0 Å². The van der Waals surface area contributed by atoms with Crippen LogP contribution in [0.1, 0.15) is 31.2 Å². The summed E-state index contributed by atoms with van der Waals surface area (Å²) in [6.07, 6.45) is 9.35. The van der Waals surface area contributed by atoms with Gasteiger partial charge in [-0.1, -0.05) is 12.1 Å². The highest BCUT2D eigenvalue weighted by atomic mass is 16.2. The maximum absolute atomic E-state index is 11.8. The zero-order valence-corrected chi connectivity index (χ0v) is 15.9. The van der Waals surface area contributed by atoms with Crippen LogP contribution in [0.2, 0.25) is 0 Å². The van der Waals surface area contributed by atoms with Crippen LogP contribution in [0, 0.1) is 0 Å². The van der Waals surface area contributed by atoms with E-state index in [0.717, 1.165) is 58.5 Å². The first kappa shape index (κ1) is 17.0. The van der Waals surface area contributed by atoms with Gasteiger partial charge in [-0.25, -0.2) is 0 Å². The van der Waals surface area contributed by atoms with Crippen LogP contribution in [0.15, 0.2) is 30.6 Å². The molecule has 0 N–H and O–H groups in total. The van der Waals surface area contributed by atoms with Crippen LogP contribution in [-0.4, -0.2) is 66.0 Å². The van der Waals surface area contributed by atoms with Crippen LogP contribution in [0.25, 0.3) is 10.8 Å². The van der Waals surface area contributed by atoms with E-state index in [1.165, 1.54) is 34.9 Å². The molecule has 5 heteroatoms. The summed E-state index contributed by atoms with van der Waals surface area (Å²) < 4.78 is 0. The summed E-state index contributed by atoms with van der Waals surface area (Å²) in [4.78, 5) is 23.4. The SMILES string of the molecule is O=C1CCCN1CCN1CCC(N2CCc3cncc4cccc2c34)CC1. The second kappa shape index (κ2) is 7.12. The maximum Gasteiger partial charge on any atom is 0.222 e. The number of nitrogens with zero attached hydrogens (tertiary/aromatic N) is 4. The highest BCUT2D eigenvalue weighted by Crippen LogP contribution is 2.36. The predicted molar refractivity (Wildman–Crippen MR) is 108 cm³/mol.